The molecule has 0 fully saturated rings. The molecule has 0 radical (unpaired) electrons. The fourth-order valence-corrected chi connectivity index (χ4v) is 4.15. The Hall–Kier alpha value is -3.46. The number of methoxy groups -OCH3 is 1. The molecule has 0 atom stereocenters. The SMILES string of the molecule is COC(=O)CN(c1cccc([N+](=O)[O-])c1)S(=O)(=O)c1ccc2ccccc2c1. The zero-order valence-electron chi connectivity index (χ0n) is 14.8. The average molecular weight is 400 g/mol. The Morgan fingerprint density at radius 3 is 2.43 bits per heavy atom. The van der Waals surface area contributed by atoms with Gasteiger partial charge < -0.3 is 4.74 Å². The number of fused-ring (bicyclic) bond motifs is 1. The summed E-state index contributed by atoms with van der Waals surface area (Å²) in [4.78, 5) is 22.2. The van der Waals surface area contributed by atoms with Crippen molar-refractivity contribution in [3.8, 4) is 0 Å². The first-order chi connectivity index (χ1) is 13.3. The van der Waals surface area contributed by atoms with Gasteiger partial charge in [-0.2, -0.15) is 0 Å². The number of ether oxygens (including phenoxy) is 1. The molecule has 9 heteroatoms. The van der Waals surface area contributed by atoms with Gasteiger partial charge in [0.15, 0.2) is 0 Å². The van der Waals surface area contributed by atoms with Gasteiger partial charge in [0, 0.05) is 12.1 Å². The summed E-state index contributed by atoms with van der Waals surface area (Å²) in [5.74, 6) is -0.795. The van der Waals surface area contributed by atoms with Gasteiger partial charge in [0.05, 0.1) is 22.6 Å². The number of non-ortho nitro benzene ring substituents is 1. The Balaban J connectivity index is 2.13. The lowest BCUT2D eigenvalue weighted by Crippen LogP contribution is -2.36. The highest BCUT2D eigenvalue weighted by atomic mass is 32.2. The lowest BCUT2D eigenvalue weighted by atomic mass is 10.1. The predicted molar refractivity (Wildman–Crippen MR) is 104 cm³/mol. The summed E-state index contributed by atoms with van der Waals surface area (Å²) in [6, 6.07) is 16.9. The average Bonchev–Trinajstić information content (AvgIpc) is 2.71. The van der Waals surface area contributed by atoms with Crippen molar-refractivity contribution in [1.29, 1.82) is 0 Å². The summed E-state index contributed by atoms with van der Waals surface area (Å²) in [7, 11) is -3.05. The molecule has 144 valence electrons. The molecule has 28 heavy (non-hydrogen) atoms. The molecule has 8 nitrogen and oxygen atoms in total. The van der Waals surface area contributed by atoms with Crippen molar-refractivity contribution < 1.29 is 22.9 Å². The molecule has 0 N–H and O–H groups in total. The van der Waals surface area contributed by atoms with Crippen molar-refractivity contribution >= 4 is 38.1 Å². The number of hydrogen-bond acceptors (Lipinski definition) is 6. The van der Waals surface area contributed by atoms with Crippen LogP contribution >= 0.6 is 0 Å². The maximum Gasteiger partial charge on any atom is 0.326 e. The largest absolute Gasteiger partial charge is 0.468 e. The number of hydrogen-bond donors (Lipinski definition) is 0. The Labute approximate surface area is 161 Å². The Kier molecular flexibility index (Phi) is 5.27. The zero-order chi connectivity index (χ0) is 20.3. The first-order valence-electron chi connectivity index (χ1n) is 8.16. The Bertz CT molecular complexity index is 1160. The molecular formula is C19H16N2O6S. The van der Waals surface area contributed by atoms with Gasteiger partial charge in [0.2, 0.25) is 0 Å². The van der Waals surface area contributed by atoms with Gasteiger partial charge in [-0.15, -0.1) is 0 Å². The van der Waals surface area contributed by atoms with Crippen LogP contribution in [-0.4, -0.2) is 33.0 Å². The first kappa shape index (κ1) is 19.3. The molecule has 0 aliphatic heterocycles. The number of anilines is 1. The minimum atomic E-state index is -4.18. The standard InChI is InChI=1S/C19H16N2O6S/c1-27-19(22)13-20(16-7-4-8-17(12-16)21(23)24)28(25,26)18-10-9-14-5-2-3-6-15(14)11-18/h2-12H,13H2,1H3. The molecule has 0 saturated carbocycles. The molecule has 3 aromatic rings. The Morgan fingerprint density at radius 1 is 1.04 bits per heavy atom. The maximum absolute atomic E-state index is 13.3. The summed E-state index contributed by atoms with van der Waals surface area (Å²) in [6.45, 7) is -0.618. The molecule has 0 aliphatic carbocycles. The molecule has 3 aromatic carbocycles. The molecular weight excluding hydrogens is 384 g/mol. The number of esters is 1. The zero-order valence-corrected chi connectivity index (χ0v) is 15.6. The van der Waals surface area contributed by atoms with E-state index in [2.05, 4.69) is 4.74 Å². The molecule has 0 aliphatic rings. The summed E-state index contributed by atoms with van der Waals surface area (Å²) in [6.07, 6.45) is 0. The highest BCUT2D eigenvalue weighted by Gasteiger charge is 2.28. The van der Waals surface area contributed by atoms with Crippen LogP contribution in [0.5, 0.6) is 0 Å². The van der Waals surface area contributed by atoms with E-state index in [-0.39, 0.29) is 16.3 Å². The van der Waals surface area contributed by atoms with Crippen LogP contribution in [0, 0.1) is 10.1 Å². The van der Waals surface area contributed by atoms with E-state index in [0.29, 0.717) is 5.39 Å². The normalized spacial score (nSPS) is 11.2. The minimum absolute atomic E-state index is 0.00670. The molecule has 0 aromatic heterocycles. The smallest absolute Gasteiger partial charge is 0.326 e. The predicted octanol–water partition coefficient (Wildman–Crippen LogP) is 3.12. The van der Waals surface area contributed by atoms with Crippen LogP contribution in [0.2, 0.25) is 0 Å². The summed E-state index contributed by atoms with van der Waals surface area (Å²) < 4.78 is 31.9. The van der Waals surface area contributed by atoms with Gasteiger partial charge in [0.1, 0.15) is 6.54 Å². The van der Waals surface area contributed by atoms with Crippen molar-refractivity contribution in [2.24, 2.45) is 0 Å². The molecule has 0 unspecified atom stereocenters. The third-order valence-electron chi connectivity index (χ3n) is 4.14. The van der Waals surface area contributed by atoms with Gasteiger partial charge in [-0.25, -0.2) is 8.42 Å². The van der Waals surface area contributed by atoms with Crippen molar-refractivity contribution in [3.05, 3.63) is 76.8 Å². The summed E-state index contributed by atoms with van der Waals surface area (Å²) in [5.41, 5.74) is -0.297. The quantitative estimate of drug-likeness (QED) is 0.357. The van der Waals surface area contributed by atoms with Gasteiger partial charge >= 0.3 is 5.97 Å². The first-order valence-corrected chi connectivity index (χ1v) is 9.60. The minimum Gasteiger partial charge on any atom is -0.468 e. The lowest BCUT2D eigenvalue weighted by molar-refractivity contribution is -0.384. The molecule has 0 saturated heterocycles. The van der Waals surface area contributed by atoms with Crippen molar-refractivity contribution in [2.75, 3.05) is 18.0 Å². The number of nitro benzene ring substituents is 1. The van der Waals surface area contributed by atoms with E-state index < -0.39 is 27.5 Å². The van der Waals surface area contributed by atoms with Gasteiger partial charge in [-0.3, -0.25) is 19.2 Å². The van der Waals surface area contributed by atoms with Crippen molar-refractivity contribution in [3.63, 3.8) is 0 Å². The van der Waals surface area contributed by atoms with Crippen molar-refractivity contribution in [2.45, 2.75) is 4.90 Å². The Morgan fingerprint density at radius 2 is 1.75 bits per heavy atom. The molecule has 3 rings (SSSR count). The number of carbonyl (C=O) groups excluding carboxylic acids is 1. The van der Waals surface area contributed by atoms with E-state index in [9.17, 15) is 23.3 Å². The van der Waals surface area contributed by atoms with Crippen LogP contribution in [-0.2, 0) is 19.6 Å². The summed E-state index contributed by atoms with van der Waals surface area (Å²) >= 11 is 0. The molecule has 0 amide bonds. The highest BCUT2D eigenvalue weighted by Crippen LogP contribution is 2.28. The van der Waals surface area contributed by atoms with E-state index in [1.165, 1.54) is 30.3 Å². The highest BCUT2D eigenvalue weighted by molar-refractivity contribution is 7.92. The van der Waals surface area contributed by atoms with Crippen LogP contribution < -0.4 is 4.31 Å². The number of nitro groups is 1. The molecule has 0 bridgehead atoms. The summed E-state index contributed by atoms with van der Waals surface area (Å²) in [5, 5.41) is 12.6. The fraction of sp³-hybridized carbons (Fsp3) is 0.105. The second-order valence-electron chi connectivity index (χ2n) is 5.87. The topological polar surface area (TPSA) is 107 Å². The van der Waals surface area contributed by atoms with Gasteiger partial charge in [0.25, 0.3) is 15.7 Å². The van der Waals surface area contributed by atoms with Crippen LogP contribution in [0.15, 0.2) is 71.6 Å². The van der Waals surface area contributed by atoms with Crippen LogP contribution in [0.3, 0.4) is 0 Å². The monoisotopic (exact) mass is 400 g/mol. The van der Waals surface area contributed by atoms with E-state index in [1.54, 1.807) is 18.2 Å². The second-order valence-corrected chi connectivity index (χ2v) is 7.74. The lowest BCUT2D eigenvalue weighted by Gasteiger charge is -2.23. The molecule has 0 spiro atoms. The van der Waals surface area contributed by atoms with Crippen LogP contribution in [0.4, 0.5) is 11.4 Å². The fourth-order valence-electron chi connectivity index (χ4n) is 2.71. The number of benzene rings is 3. The third kappa shape index (κ3) is 3.79. The number of rotatable bonds is 6. The van der Waals surface area contributed by atoms with E-state index in [1.807, 2.05) is 12.1 Å². The van der Waals surface area contributed by atoms with E-state index in [4.69, 9.17) is 0 Å². The molecule has 0 heterocycles. The third-order valence-corrected chi connectivity index (χ3v) is 5.91. The maximum atomic E-state index is 13.3. The van der Waals surface area contributed by atoms with E-state index in [0.717, 1.165) is 22.9 Å². The van der Waals surface area contributed by atoms with E-state index >= 15 is 0 Å². The van der Waals surface area contributed by atoms with Crippen LogP contribution in [0.1, 0.15) is 0 Å². The number of nitrogens with zero attached hydrogens (tertiary/aromatic N) is 2. The number of carbonyl (C=O) groups is 1. The van der Waals surface area contributed by atoms with Crippen LogP contribution in [0.25, 0.3) is 10.8 Å². The second kappa shape index (κ2) is 7.65. The van der Waals surface area contributed by atoms with Gasteiger partial charge in [-0.1, -0.05) is 36.4 Å². The van der Waals surface area contributed by atoms with Crippen molar-refractivity contribution in [1.82, 2.24) is 0 Å². The number of sulfonamides is 1. The van der Waals surface area contributed by atoms with Gasteiger partial charge in [-0.05, 0) is 29.0 Å².